The van der Waals surface area contributed by atoms with Gasteiger partial charge in [0.1, 0.15) is 0 Å². The number of rotatable bonds is 3. The van der Waals surface area contributed by atoms with Crippen molar-refractivity contribution in [2.45, 2.75) is 113 Å². The Morgan fingerprint density at radius 3 is 0.958 bits per heavy atom. The Hall–Kier alpha value is 0.540. The van der Waals surface area contributed by atoms with Crippen molar-refractivity contribution in [1.29, 1.82) is 0 Å². The van der Waals surface area contributed by atoms with Crippen molar-refractivity contribution < 1.29 is 19.2 Å². The van der Waals surface area contributed by atoms with E-state index in [4.69, 9.17) is 19.2 Å². The summed E-state index contributed by atoms with van der Waals surface area (Å²) in [4.78, 5) is 21.6. The molecule has 0 unspecified atom stereocenters. The molecule has 0 saturated heterocycles. The van der Waals surface area contributed by atoms with Crippen molar-refractivity contribution >= 4 is 15.7 Å². The van der Waals surface area contributed by atoms with Crippen LogP contribution in [0.3, 0.4) is 0 Å². The van der Waals surface area contributed by atoms with Gasteiger partial charge in [0.05, 0.1) is 0 Å². The third-order valence-electron chi connectivity index (χ3n) is 5.99. The van der Waals surface area contributed by atoms with Gasteiger partial charge >= 0.3 is 7.82 Å². The van der Waals surface area contributed by atoms with Crippen LogP contribution in [-0.4, -0.2) is 31.7 Å². The second-order valence-electron chi connectivity index (χ2n) is 7.84. The first kappa shape index (κ1) is 20.8. The van der Waals surface area contributed by atoms with Gasteiger partial charge in [0.2, 0.25) is 0 Å². The molecule has 24 heavy (non-hydrogen) atoms. The van der Waals surface area contributed by atoms with E-state index in [1.165, 1.54) is 36.2 Å². The number of hydrogen-bond acceptors (Lipinski definition) is 1. The van der Waals surface area contributed by atoms with Gasteiger partial charge in [0.15, 0.2) is 0 Å². The maximum atomic E-state index is 8.88. The highest BCUT2D eigenvalue weighted by Crippen LogP contribution is 2.61. The van der Waals surface area contributed by atoms with Crippen LogP contribution in [0.5, 0.6) is 0 Å². The van der Waals surface area contributed by atoms with Gasteiger partial charge in [-0.05, 0) is 55.5 Å². The van der Waals surface area contributed by atoms with E-state index in [9.17, 15) is 0 Å². The Kier molecular flexibility index (Phi) is 9.23. The van der Waals surface area contributed by atoms with Crippen LogP contribution in [0.4, 0.5) is 0 Å². The summed E-state index contributed by atoms with van der Waals surface area (Å²) in [6, 6.07) is 0. The summed E-state index contributed by atoms with van der Waals surface area (Å²) < 4.78 is 8.88. The molecule has 4 nitrogen and oxygen atoms in total. The van der Waals surface area contributed by atoms with E-state index in [-0.39, 0.29) is 0 Å². The molecule has 0 aliphatic heterocycles. The summed E-state index contributed by atoms with van der Waals surface area (Å²) in [6.45, 7) is 0. The largest absolute Gasteiger partial charge is 0.466 e. The molecule has 0 amide bonds. The molecule has 0 radical (unpaired) electrons. The molecule has 0 aromatic heterocycles. The van der Waals surface area contributed by atoms with Crippen molar-refractivity contribution in [3.05, 3.63) is 0 Å². The summed E-state index contributed by atoms with van der Waals surface area (Å²) in [7, 11) is -4.25. The molecule has 3 aliphatic carbocycles. The van der Waals surface area contributed by atoms with Crippen LogP contribution < -0.4 is 0 Å². The van der Waals surface area contributed by atoms with Gasteiger partial charge in [0.25, 0.3) is 0 Å². The molecule has 3 fully saturated rings. The molecule has 0 heterocycles. The van der Waals surface area contributed by atoms with Gasteiger partial charge in [-0.3, -0.25) is 0 Å². The van der Waals surface area contributed by atoms with Crippen LogP contribution in [0.2, 0.25) is 0 Å². The molecule has 0 spiro atoms. The highest BCUT2D eigenvalue weighted by Gasteiger charge is 2.36. The molecule has 0 bridgehead atoms. The molecule has 3 N–H and O–H groups in total. The molecule has 0 aromatic rings. The lowest BCUT2D eigenvalue weighted by Gasteiger charge is -2.44. The quantitative estimate of drug-likeness (QED) is 0.564. The molecular formula is C18H36O4P2. The highest BCUT2D eigenvalue weighted by molar-refractivity contribution is 7.60. The van der Waals surface area contributed by atoms with Crippen LogP contribution in [0.1, 0.15) is 96.3 Å². The van der Waals surface area contributed by atoms with Crippen molar-refractivity contribution in [1.82, 2.24) is 0 Å². The van der Waals surface area contributed by atoms with Gasteiger partial charge in [-0.25, -0.2) is 4.57 Å². The van der Waals surface area contributed by atoms with Gasteiger partial charge in [-0.15, -0.1) is 0 Å². The molecule has 142 valence electrons. The number of phosphoric acid groups is 1. The minimum absolute atomic E-state index is 0.385. The first-order valence-electron chi connectivity index (χ1n) is 10.0. The smallest absolute Gasteiger partial charge is 0.303 e. The summed E-state index contributed by atoms with van der Waals surface area (Å²) in [5, 5.41) is 0. The molecule has 3 rings (SSSR count). The lowest BCUT2D eigenvalue weighted by atomic mass is 9.99. The predicted molar refractivity (Wildman–Crippen MR) is 102 cm³/mol. The van der Waals surface area contributed by atoms with Crippen LogP contribution >= 0.6 is 15.7 Å². The lowest BCUT2D eigenvalue weighted by Crippen LogP contribution is -2.28. The van der Waals surface area contributed by atoms with Crippen LogP contribution in [-0.2, 0) is 4.57 Å². The Morgan fingerprint density at radius 2 is 0.750 bits per heavy atom. The molecular weight excluding hydrogens is 342 g/mol. The fourth-order valence-corrected chi connectivity index (χ4v) is 9.71. The van der Waals surface area contributed by atoms with Gasteiger partial charge in [0, 0.05) is 0 Å². The van der Waals surface area contributed by atoms with E-state index in [0.717, 1.165) is 0 Å². The first-order valence-corrected chi connectivity index (χ1v) is 13.1. The maximum Gasteiger partial charge on any atom is 0.466 e. The van der Waals surface area contributed by atoms with Gasteiger partial charge in [-0.2, -0.15) is 0 Å². The molecule has 6 heteroatoms. The fourth-order valence-electron chi connectivity index (χ4n) is 5.03. The third-order valence-corrected chi connectivity index (χ3v) is 10.1. The van der Waals surface area contributed by atoms with E-state index in [0.29, 0.717) is 7.92 Å². The Balaban J connectivity index is 0.000000368. The molecule has 0 atom stereocenters. The van der Waals surface area contributed by atoms with Gasteiger partial charge in [-0.1, -0.05) is 65.7 Å². The normalized spacial score (nSPS) is 25.3. The lowest BCUT2D eigenvalue weighted by molar-refractivity contribution is 0.275. The van der Waals surface area contributed by atoms with Crippen LogP contribution in [0, 0.1) is 0 Å². The Morgan fingerprint density at radius 1 is 0.542 bits per heavy atom. The minimum Gasteiger partial charge on any atom is -0.303 e. The second-order valence-corrected chi connectivity index (χ2v) is 11.9. The van der Waals surface area contributed by atoms with E-state index in [1.807, 2.05) is 0 Å². The molecule has 3 aliphatic rings. The monoisotopic (exact) mass is 378 g/mol. The summed E-state index contributed by atoms with van der Waals surface area (Å²) in [6.07, 6.45) is 23.6. The molecule has 0 aromatic carbocycles. The van der Waals surface area contributed by atoms with Crippen LogP contribution in [0.25, 0.3) is 0 Å². The zero-order valence-electron chi connectivity index (χ0n) is 15.0. The highest BCUT2D eigenvalue weighted by atomic mass is 31.2. The van der Waals surface area contributed by atoms with Crippen LogP contribution in [0.15, 0.2) is 0 Å². The molecule has 3 saturated carbocycles. The second kappa shape index (κ2) is 10.6. The van der Waals surface area contributed by atoms with E-state index in [2.05, 4.69) is 0 Å². The summed E-state index contributed by atoms with van der Waals surface area (Å²) in [5.41, 5.74) is 3.57. The average Bonchev–Trinajstić information content (AvgIpc) is 2.57. The standard InChI is InChI=1S/C18H33P.H3O4P/c1-4-10-16(11-5-1)19(17-12-6-2-7-13-17)18-14-8-3-9-15-18;1-5(2,3)4/h16-18H,1-15H2;(H3,1,2,3,4). The Labute approximate surface area is 148 Å². The fraction of sp³-hybridized carbons (Fsp3) is 1.00. The minimum atomic E-state index is -4.64. The van der Waals surface area contributed by atoms with E-state index < -0.39 is 7.82 Å². The van der Waals surface area contributed by atoms with Crippen molar-refractivity contribution in [2.24, 2.45) is 0 Å². The van der Waals surface area contributed by atoms with Crippen molar-refractivity contribution in [2.75, 3.05) is 0 Å². The average molecular weight is 378 g/mol. The topological polar surface area (TPSA) is 77.8 Å². The predicted octanol–water partition coefficient (Wildman–Crippen LogP) is 5.54. The van der Waals surface area contributed by atoms with Crippen molar-refractivity contribution in [3.8, 4) is 0 Å². The Bertz CT molecular complexity index is 329. The van der Waals surface area contributed by atoms with E-state index >= 15 is 0 Å². The SMILES string of the molecule is C1CCC(P(C2CCCCC2)C2CCCCC2)CC1.O=P(O)(O)O. The zero-order valence-corrected chi connectivity index (χ0v) is 16.8. The summed E-state index contributed by atoms with van der Waals surface area (Å²) >= 11 is 0. The summed E-state index contributed by atoms with van der Waals surface area (Å²) in [5.74, 6) is 0. The van der Waals surface area contributed by atoms with Gasteiger partial charge < -0.3 is 14.7 Å². The van der Waals surface area contributed by atoms with Crippen molar-refractivity contribution in [3.63, 3.8) is 0 Å². The first-order chi connectivity index (χ1) is 11.4. The third kappa shape index (κ3) is 7.83. The number of hydrogen-bond donors (Lipinski definition) is 3. The zero-order chi connectivity index (χ0) is 17.4. The van der Waals surface area contributed by atoms with E-state index in [1.54, 1.807) is 77.0 Å². The maximum absolute atomic E-state index is 8.88.